The number of H-pyrrole nitrogens is 3. The van der Waals surface area contributed by atoms with E-state index >= 15 is 0 Å². The van der Waals surface area contributed by atoms with Gasteiger partial charge in [-0.15, -0.1) is 5.10 Å². The lowest BCUT2D eigenvalue weighted by atomic mass is 10.2. The molecule has 116 valence electrons. The van der Waals surface area contributed by atoms with Crippen LogP contribution in [0.4, 0.5) is 5.69 Å². The molecule has 5 N–H and O–H groups in total. The molecule has 0 atom stereocenters. The van der Waals surface area contributed by atoms with Gasteiger partial charge in [-0.2, -0.15) is 0 Å². The lowest BCUT2D eigenvalue weighted by Gasteiger charge is -2.06. The van der Waals surface area contributed by atoms with Crippen LogP contribution in [0.25, 0.3) is 11.4 Å². The van der Waals surface area contributed by atoms with Crippen LogP contribution in [0.2, 0.25) is 0 Å². The van der Waals surface area contributed by atoms with Gasteiger partial charge in [0.1, 0.15) is 0 Å². The van der Waals surface area contributed by atoms with Crippen molar-refractivity contribution in [3.05, 3.63) is 50.7 Å². The number of anilines is 1. The van der Waals surface area contributed by atoms with E-state index in [1.165, 1.54) is 0 Å². The third-order valence-corrected chi connectivity index (χ3v) is 2.91. The average molecular weight is 315 g/mol. The third-order valence-electron chi connectivity index (χ3n) is 2.91. The Morgan fingerprint density at radius 3 is 2.48 bits per heavy atom. The first-order chi connectivity index (χ1) is 11.0. The van der Waals surface area contributed by atoms with Crippen molar-refractivity contribution in [3.8, 4) is 17.3 Å². The fourth-order valence-corrected chi connectivity index (χ4v) is 1.87. The van der Waals surface area contributed by atoms with Crippen molar-refractivity contribution in [2.24, 2.45) is 0 Å². The van der Waals surface area contributed by atoms with Gasteiger partial charge in [0.25, 0.3) is 11.5 Å². The van der Waals surface area contributed by atoms with Crippen LogP contribution in [0, 0.1) is 0 Å². The molecule has 1 amide bonds. The van der Waals surface area contributed by atoms with E-state index < -0.39 is 28.6 Å². The van der Waals surface area contributed by atoms with Gasteiger partial charge in [0.05, 0.1) is 0 Å². The summed E-state index contributed by atoms with van der Waals surface area (Å²) in [7, 11) is 0. The Hall–Kier alpha value is -3.76. The van der Waals surface area contributed by atoms with E-state index in [4.69, 9.17) is 0 Å². The molecular formula is C12H9N7O4. The molecule has 23 heavy (non-hydrogen) atoms. The molecule has 2 heterocycles. The highest BCUT2D eigenvalue weighted by molar-refractivity contribution is 6.05. The number of aromatic hydroxyl groups is 1. The number of hydrogen-bond donors (Lipinski definition) is 5. The monoisotopic (exact) mass is 315 g/mol. The van der Waals surface area contributed by atoms with Crippen LogP contribution in [0.15, 0.2) is 33.9 Å². The van der Waals surface area contributed by atoms with Gasteiger partial charge in [-0.3, -0.25) is 19.6 Å². The molecule has 3 aromatic rings. The average Bonchev–Trinajstić information content (AvgIpc) is 3.01. The second-order valence-electron chi connectivity index (χ2n) is 4.41. The molecule has 0 radical (unpaired) electrons. The number of benzene rings is 1. The molecule has 11 heteroatoms. The van der Waals surface area contributed by atoms with Crippen LogP contribution < -0.4 is 16.6 Å². The van der Waals surface area contributed by atoms with Crippen LogP contribution in [-0.2, 0) is 0 Å². The fraction of sp³-hybridized carbons (Fsp3) is 0. The molecule has 0 unspecified atom stereocenters. The summed E-state index contributed by atoms with van der Waals surface area (Å²) >= 11 is 0. The number of carbonyl (C=O) groups excluding carboxylic acids is 1. The maximum absolute atomic E-state index is 12.0. The van der Waals surface area contributed by atoms with E-state index in [2.05, 4.69) is 25.9 Å². The number of tetrazole rings is 1. The summed E-state index contributed by atoms with van der Waals surface area (Å²) < 4.78 is 0. The molecule has 0 aliphatic rings. The van der Waals surface area contributed by atoms with Crippen molar-refractivity contribution in [3.63, 3.8) is 0 Å². The van der Waals surface area contributed by atoms with Crippen LogP contribution in [0.1, 0.15) is 10.4 Å². The minimum atomic E-state index is -0.992. The first-order valence-corrected chi connectivity index (χ1v) is 6.25. The normalized spacial score (nSPS) is 10.4. The molecular weight excluding hydrogens is 306 g/mol. The number of aromatic amines is 3. The van der Waals surface area contributed by atoms with E-state index in [0.29, 0.717) is 17.1 Å². The van der Waals surface area contributed by atoms with Crippen molar-refractivity contribution in [2.45, 2.75) is 0 Å². The molecule has 3 rings (SSSR count). The fourth-order valence-electron chi connectivity index (χ4n) is 1.87. The summed E-state index contributed by atoms with van der Waals surface area (Å²) in [6.45, 7) is 0. The van der Waals surface area contributed by atoms with Crippen LogP contribution >= 0.6 is 0 Å². The predicted octanol–water partition coefficient (Wildman–Crippen LogP) is -0.799. The zero-order chi connectivity index (χ0) is 16.4. The molecule has 0 spiro atoms. The quantitative estimate of drug-likeness (QED) is 0.421. The second kappa shape index (κ2) is 5.55. The van der Waals surface area contributed by atoms with E-state index in [1.54, 1.807) is 24.3 Å². The third kappa shape index (κ3) is 2.83. The summed E-state index contributed by atoms with van der Waals surface area (Å²) in [6.07, 6.45) is 0. The standard InChI is InChI=1S/C12H9N7O4/c20-9(7-10(21)14-12(23)15-11(7)22)13-6-3-1-5(2-4-6)8-16-18-19-17-8/h1-4H,(H,13,20)(H,16,17,18,19)(H3,14,15,21,22,23). The Morgan fingerprint density at radius 1 is 1.13 bits per heavy atom. The number of rotatable bonds is 3. The number of carbonyl (C=O) groups is 1. The topological polar surface area (TPSA) is 170 Å². The molecule has 0 aliphatic carbocycles. The molecule has 0 saturated heterocycles. The summed E-state index contributed by atoms with van der Waals surface area (Å²) in [5.74, 6) is -1.22. The van der Waals surface area contributed by atoms with Crippen LogP contribution in [0.3, 0.4) is 0 Å². The van der Waals surface area contributed by atoms with Gasteiger partial charge in [0, 0.05) is 11.3 Å². The first kappa shape index (κ1) is 14.2. The summed E-state index contributed by atoms with van der Waals surface area (Å²) in [6, 6.07) is 6.42. The van der Waals surface area contributed by atoms with Crippen molar-refractivity contribution < 1.29 is 9.90 Å². The van der Waals surface area contributed by atoms with E-state index in [-0.39, 0.29) is 0 Å². The Kier molecular flexibility index (Phi) is 3.43. The highest BCUT2D eigenvalue weighted by atomic mass is 16.3. The first-order valence-electron chi connectivity index (χ1n) is 6.25. The Balaban J connectivity index is 1.84. The summed E-state index contributed by atoms with van der Waals surface area (Å²) in [5, 5.41) is 25.2. The highest BCUT2D eigenvalue weighted by Crippen LogP contribution is 2.17. The number of aromatic nitrogens is 6. The molecule has 0 aliphatic heterocycles. The highest BCUT2D eigenvalue weighted by Gasteiger charge is 2.17. The van der Waals surface area contributed by atoms with Gasteiger partial charge >= 0.3 is 5.69 Å². The SMILES string of the molecule is O=C(Nc1ccc(-c2nnn[nH]2)cc1)c1c(O)[nH]c(=O)[nH]c1=O. The van der Waals surface area contributed by atoms with Gasteiger partial charge < -0.3 is 10.4 Å². The zero-order valence-electron chi connectivity index (χ0n) is 11.3. The van der Waals surface area contributed by atoms with Gasteiger partial charge in [-0.05, 0) is 34.7 Å². The van der Waals surface area contributed by atoms with Gasteiger partial charge in [-0.25, -0.2) is 9.89 Å². The van der Waals surface area contributed by atoms with Crippen molar-refractivity contribution in [2.75, 3.05) is 5.32 Å². The van der Waals surface area contributed by atoms with Crippen LogP contribution in [-0.4, -0.2) is 41.6 Å². The van der Waals surface area contributed by atoms with E-state index in [1.807, 2.05) is 9.97 Å². The number of nitrogens with zero attached hydrogens (tertiary/aromatic N) is 3. The molecule has 11 nitrogen and oxygen atoms in total. The lowest BCUT2D eigenvalue weighted by Crippen LogP contribution is -2.30. The molecule has 0 saturated carbocycles. The van der Waals surface area contributed by atoms with Crippen molar-refractivity contribution >= 4 is 11.6 Å². The van der Waals surface area contributed by atoms with E-state index in [0.717, 1.165) is 0 Å². The second-order valence-corrected chi connectivity index (χ2v) is 4.41. The molecule has 2 aromatic heterocycles. The van der Waals surface area contributed by atoms with E-state index in [9.17, 15) is 19.5 Å². The Morgan fingerprint density at radius 2 is 1.87 bits per heavy atom. The van der Waals surface area contributed by atoms with Crippen molar-refractivity contribution in [1.82, 2.24) is 30.6 Å². The van der Waals surface area contributed by atoms with Gasteiger partial charge in [0.15, 0.2) is 11.4 Å². The minimum Gasteiger partial charge on any atom is -0.494 e. The van der Waals surface area contributed by atoms with Crippen LogP contribution in [0.5, 0.6) is 5.88 Å². The summed E-state index contributed by atoms with van der Waals surface area (Å²) in [4.78, 5) is 38.4. The number of nitrogens with one attached hydrogen (secondary N) is 4. The maximum atomic E-state index is 12.0. The molecule has 1 aromatic carbocycles. The Bertz CT molecular complexity index is 956. The maximum Gasteiger partial charge on any atom is 0.328 e. The summed E-state index contributed by atoms with van der Waals surface area (Å²) in [5.41, 5.74) is -1.43. The predicted molar refractivity (Wildman–Crippen MR) is 76.9 cm³/mol. The minimum absolute atomic E-state index is 0.372. The number of hydrogen-bond acceptors (Lipinski definition) is 7. The largest absolute Gasteiger partial charge is 0.494 e. The lowest BCUT2D eigenvalue weighted by molar-refractivity contribution is 0.102. The smallest absolute Gasteiger partial charge is 0.328 e. The van der Waals surface area contributed by atoms with Gasteiger partial charge in [-0.1, -0.05) is 0 Å². The molecule has 0 bridgehead atoms. The molecule has 0 fully saturated rings. The Labute approximate surface area is 126 Å². The zero-order valence-corrected chi connectivity index (χ0v) is 11.3. The van der Waals surface area contributed by atoms with Gasteiger partial charge in [0.2, 0.25) is 5.88 Å². The van der Waals surface area contributed by atoms with Crippen molar-refractivity contribution in [1.29, 1.82) is 0 Å². The number of amides is 1.